The molecule has 7 nitrogen and oxygen atoms in total. The molecule has 0 unspecified atom stereocenters. The Hall–Kier alpha value is -3.61. The lowest BCUT2D eigenvalue weighted by Gasteiger charge is -2.09. The van der Waals surface area contributed by atoms with Gasteiger partial charge in [0.05, 0.1) is 25.7 Å². The van der Waals surface area contributed by atoms with Gasteiger partial charge in [0.25, 0.3) is 5.56 Å². The highest BCUT2D eigenvalue weighted by atomic mass is 16.5. The van der Waals surface area contributed by atoms with E-state index in [1.54, 1.807) is 43.5 Å². The fourth-order valence-corrected chi connectivity index (χ4v) is 2.62. The molecular formula is C21H21N3O4. The third-order valence-electron chi connectivity index (χ3n) is 4.03. The Bertz CT molecular complexity index is 995. The van der Waals surface area contributed by atoms with Crippen LogP contribution in [0.5, 0.6) is 11.5 Å². The van der Waals surface area contributed by atoms with Crippen molar-refractivity contribution in [1.29, 1.82) is 0 Å². The highest BCUT2D eigenvalue weighted by molar-refractivity contribution is 5.90. The van der Waals surface area contributed by atoms with Gasteiger partial charge in [0.15, 0.2) is 0 Å². The summed E-state index contributed by atoms with van der Waals surface area (Å²) < 4.78 is 11.7. The molecule has 3 aromatic rings. The van der Waals surface area contributed by atoms with Crippen LogP contribution in [-0.4, -0.2) is 29.2 Å². The molecule has 0 aliphatic rings. The summed E-state index contributed by atoms with van der Waals surface area (Å²) in [6.45, 7) is 2.36. The highest BCUT2D eigenvalue weighted by Crippen LogP contribution is 2.19. The number of anilines is 1. The minimum Gasteiger partial charge on any atom is -0.497 e. The van der Waals surface area contributed by atoms with Crippen molar-refractivity contribution in [2.75, 3.05) is 19.0 Å². The molecule has 0 saturated heterocycles. The molecule has 144 valence electrons. The van der Waals surface area contributed by atoms with Gasteiger partial charge in [0, 0.05) is 17.3 Å². The second-order valence-electron chi connectivity index (χ2n) is 5.97. The topological polar surface area (TPSA) is 82.4 Å². The quantitative estimate of drug-likeness (QED) is 0.682. The summed E-state index contributed by atoms with van der Waals surface area (Å²) in [5.41, 5.74) is 1.66. The SMILES string of the molecule is CCOc1ccc(NC(=O)Cn2cnc(-c3ccc(OC)cc3)cc2=O)cc1. The van der Waals surface area contributed by atoms with Crippen LogP contribution in [0.4, 0.5) is 5.69 Å². The third kappa shape index (κ3) is 4.76. The number of hydrogen-bond acceptors (Lipinski definition) is 5. The lowest BCUT2D eigenvalue weighted by atomic mass is 10.1. The van der Waals surface area contributed by atoms with E-state index in [-0.39, 0.29) is 18.0 Å². The zero-order valence-electron chi connectivity index (χ0n) is 15.7. The number of methoxy groups -OCH3 is 1. The van der Waals surface area contributed by atoms with Crippen LogP contribution in [0, 0.1) is 0 Å². The minimum atomic E-state index is -0.315. The Kier molecular flexibility index (Phi) is 6.06. The molecule has 1 heterocycles. The van der Waals surface area contributed by atoms with Crippen LogP contribution in [0.15, 0.2) is 65.7 Å². The average molecular weight is 379 g/mol. The second kappa shape index (κ2) is 8.85. The van der Waals surface area contributed by atoms with E-state index >= 15 is 0 Å². The zero-order valence-corrected chi connectivity index (χ0v) is 15.7. The number of rotatable bonds is 7. The maximum Gasteiger partial charge on any atom is 0.254 e. The number of benzene rings is 2. The molecule has 1 amide bonds. The van der Waals surface area contributed by atoms with Gasteiger partial charge in [-0.05, 0) is 55.5 Å². The maximum atomic E-state index is 12.3. The second-order valence-corrected chi connectivity index (χ2v) is 5.97. The summed E-state index contributed by atoms with van der Waals surface area (Å²) in [6.07, 6.45) is 1.37. The summed E-state index contributed by atoms with van der Waals surface area (Å²) in [6, 6.07) is 15.7. The van der Waals surface area contributed by atoms with Crippen molar-refractivity contribution in [3.8, 4) is 22.8 Å². The first kappa shape index (κ1) is 19.2. The summed E-state index contributed by atoms with van der Waals surface area (Å²) in [5, 5.41) is 2.75. The number of nitrogens with one attached hydrogen (secondary N) is 1. The average Bonchev–Trinajstić information content (AvgIpc) is 2.71. The van der Waals surface area contributed by atoms with Gasteiger partial charge in [-0.15, -0.1) is 0 Å². The van der Waals surface area contributed by atoms with Crippen molar-refractivity contribution in [1.82, 2.24) is 9.55 Å². The minimum absolute atomic E-state index is 0.123. The lowest BCUT2D eigenvalue weighted by Crippen LogP contribution is -2.27. The van der Waals surface area contributed by atoms with Gasteiger partial charge in [-0.3, -0.25) is 14.2 Å². The van der Waals surface area contributed by atoms with Gasteiger partial charge < -0.3 is 14.8 Å². The van der Waals surface area contributed by atoms with Gasteiger partial charge in [-0.25, -0.2) is 4.98 Å². The first-order valence-electron chi connectivity index (χ1n) is 8.82. The van der Waals surface area contributed by atoms with Crippen LogP contribution in [0.25, 0.3) is 11.3 Å². The van der Waals surface area contributed by atoms with Crippen molar-refractivity contribution < 1.29 is 14.3 Å². The number of ether oxygens (including phenoxy) is 2. The molecule has 7 heteroatoms. The molecule has 0 atom stereocenters. The number of hydrogen-bond donors (Lipinski definition) is 1. The van der Waals surface area contributed by atoms with Crippen molar-refractivity contribution in [3.05, 3.63) is 71.3 Å². The predicted octanol–water partition coefficient (Wildman–Crippen LogP) is 2.96. The number of nitrogens with zero attached hydrogens (tertiary/aromatic N) is 2. The molecule has 0 aliphatic heterocycles. The van der Waals surface area contributed by atoms with Gasteiger partial charge >= 0.3 is 0 Å². The molecule has 1 N–H and O–H groups in total. The van der Waals surface area contributed by atoms with Crippen LogP contribution >= 0.6 is 0 Å². The summed E-state index contributed by atoms with van der Waals surface area (Å²) in [4.78, 5) is 28.9. The Morgan fingerprint density at radius 3 is 2.36 bits per heavy atom. The molecule has 0 fully saturated rings. The van der Waals surface area contributed by atoms with Crippen molar-refractivity contribution in [3.63, 3.8) is 0 Å². The van der Waals surface area contributed by atoms with Crippen molar-refractivity contribution in [2.45, 2.75) is 13.5 Å². The van der Waals surface area contributed by atoms with Crippen LogP contribution in [-0.2, 0) is 11.3 Å². The summed E-state index contributed by atoms with van der Waals surface area (Å²) in [5.74, 6) is 1.14. The molecule has 28 heavy (non-hydrogen) atoms. The van der Waals surface area contributed by atoms with Gasteiger partial charge in [0.2, 0.25) is 5.91 Å². The Balaban J connectivity index is 1.66. The fraction of sp³-hybridized carbons (Fsp3) is 0.190. The summed E-state index contributed by atoms with van der Waals surface area (Å²) >= 11 is 0. The van der Waals surface area contributed by atoms with Gasteiger partial charge in [-0.2, -0.15) is 0 Å². The van der Waals surface area contributed by atoms with Crippen LogP contribution < -0.4 is 20.3 Å². The molecule has 3 rings (SSSR count). The first-order valence-corrected chi connectivity index (χ1v) is 8.82. The molecule has 0 spiro atoms. The number of aromatic nitrogens is 2. The van der Waals surface area contributed by atoms with Crippen LogP contribution in [0.3, 0.4) is 0 Å². The molecule has 0 saturated carbocycles. The molecule has 2 aromatic carbocycles. The monoisotopic (exact) mass is 379 g/mol. The van der Waals surface area contributed by atoms with Crippen molar-refractivity contribution in [2.24, 2.45) is 0 Å². The van der Waals surface area contributed by atoms with E-state index in [1.165, 1.54) is 17.0 Å². The molecule has 0 aliphatic carbocycles. The number of carbonyl (C=O) groups excluding carboxylic acids is 1. The smallest absolute Gasteiger partial charge is 0.254 e. The van der Waals surface area contributed by atoms with Gasteiger partial charge in [0.1, 0.15) is 18.0 Å². The Labute approximate surface area is 162 Å². The lowest BCUT2D eigenvalue weighted by molar-refractivity contribution is -0.116. The van der Waals surface area contributed by atoms with Crippen LogP contribution in [0.2, 0.25) is 0 Å². The fourth-order valence-electron chi connectivity index (χ4n) is 2.62. The molecule has 1 aromatic heterocycles. The Morgan fingerprint density at radius 2 is 1.75 bits per heavy atom. The van der Waals surface area contributed by atoms with E-state index in [4.69, 9.17) is 9.47 Å². The van der Waals surface area contributed by atoms with Crippen molar-refractivity contribution >= 4 is 11.6 Å². The van der Waals surface area contributed by atoms with E-state index in [1.807, 2.05) is 19.1 Å². The van der Waals surface area contributed by atoms with E-state index in [0.29, 0.717) is 18.0 Å². The predicted molar refractivity (Wildman–Crippen MR) is 107 cm³/mol. The molecular weight excluding hydrogens is 358 g/mol. The Morgan fingerprint density at radius 1 is 1.07 bits per heavy atom. The molecule has 0 radical (unpaired) electrons. The molecule has 0 bridgehead atoms. The van der Waals surface area contributed by atoms with E-state index < -0.39 is 0 Å². The largest absolute Gasteiger partial charge is 0.497 e. The summed E-state index contributed by atoms with van der Waals surface area (Å²) in [7, 11) is 1.59. The van der Waals surface area contributed by atoms with Gasteiger partial charge in [-0.1, -0.05) is 0 Å². The zero-order chi connectivity index (χ0) is 19.9. The maximum absolute atomic E-state index is 12.3. The van der Waals surface area contributed by atoms with E-state index in [9.17, 15) is 9.59 Å². The standard InChI is InChI=1S/C21H21N3O4/c1-3-28-18-10-6-16(7-11-18)23-20(25)13-24-14-22-19(12-21(24)26)15-4-8-17(27-2)9-5-15/h4-12,14H,3,13H2,1-2H3,(H,23,25). The third-order valence-corrected chi connectivity index (χ3v) is 4.03. The number of amides is 1. The first-order chi connectivity index (χ1) is 13.6. The van der Waals surface area contributed by atoms with E-state index in [0.717, 1.165) is 17.1 Å². The number of carbonyl (C=O) groups is 1. The van der Waals surface area contributed by atoms with E-state index in [2.05, 4.69) is 10.3 Å². The van der Waals surface area contributed by atoms with Crippen LogP contribution in [0.1, 0.15) is 6.92 Å². The normalized spacial score (nSPS) is 10.4. The highest BCUT2D eigenvalue weighted by Gasteiger charge is 2.08.